The van der Waals surface area contributed by atoms with E-state index in [9.17, 15) is 4.79 Å². The average Bonchev–Trinajstić information content (AvgIpc) is 2.36. The van der Waals surface area contributed by atoms with Gasteiger partial charge in [0.05, 0.1) is 18.8 Å². The minimum atomic E-state index is -0.165. The smallest absolute Gasteiger partial charge is 0.252 e. The van der Waals surface area contributed by atoms with E-state index in [1.807, 2.05) is 0 Å². The first-order chi connectivity index (χ1) is 8.65. The van der Waals surface area contributed by atoms with E-state index in [1.165, 1.54) is 0 Å². The van der Waals surface area contributed by atoms with Crippen molar-refractivity contribution in [3.63, 3.8) is 0 Å². The van der Waals surface area contributed by atoms with Gasteiger partial charge in [0.1, 0.15) is 0 Å². The number of nitrogen functional groups attached to an aromatic ring is 1. The van der Waals surface area contributed by atoms with Gasteiger partial charge in [0, 0.05) is 16.7 Å². The van der Waals surface area contributed by atoms with Gasteiger partial charge in [0.15, 0.2) is 0 Å². The molecular weight excluding hydrogens is 296 g/mol. The maximum absolute atomic E-state index is 11.8. The molecule has 1 amide bonds. The number of nitrogens with two attached hydrogens (primary N) is 1. The molecule has 1 aromatic rings. The highest BCUT2D eigenvalue weighted by Crippen LogP contribution is 2.19. The summed E-state index contributed by atoms with van der Waals surface area (Å²) in [5.74, 6) is -0.165. The fourth-order valence-electron chi connectivity index (χ4n) is 1.32. The summed E-state index contributed by atoms with van der Waals surface area (Å²) >= 11 is 3.32. The maximum atomic E-state index is 11.8. The summed E-state index contributed by atoms with van der Waals surface area (Å²) in [4.78, 5) is 11.8. The number of rotatable bonds is 7. The Kier molecular flexibility index (Phi) is 6.46. The number of anilines is 1. The van der Waals surface area contributed by atoms with Gasteiger partial charge >= 0.3 is 0 Å². The van der Waals surface area contributed by atoms with E-state index in [0.717, 1.165) is 10.9 Å². The van der Waals surface area contributed by atoms with Crippen molar-refractivity contribution in [3.05, 3.63) is 40.9 Å². The highest BCUT2D eigenvalue weighted by atomic mass is 79.9. The first-order valence-electron chi connectivity index (χ1n) is 5.67. The zero-order valence-corrected chi connectivity index (χ0v) is 11.7. The van der Waals surface area contributed by atoms with Crippen molar-refractivity contribution in [2.75, 3.05) is 25.5 Å². The topological polar surface area (TPSA) is 64.3 Å². The van der Waals surface area contributed by atoms with E-state index < -0.39 is 0 Å². The molecule has 0 spiro atoms. The molecular formula is C13H17BrN2O2. The van der Waals surface area contributed by atoms with E-state index in [-0.39, 0.29) is 5.91 Å². The zero-order chi connectivity index (χ0) is 13.4. The van der Waals surface area contributed by atoms with Crippen LogP contribution in [0, 0.1) is 0 Å². The number of benzene rings is 1. The Morgan fingerprint density at radius 3 is 3.00 bits per heavy atom. The summed E-state index contributed by atoms with van der Waals surface area (Å²) in [7, 11) is 0. The average molecular weight is 313 g/mol. The molecule has 0 fully saturated rings. The van der Waals surface area contributed by atoms with E-state index in [2.05, 4.69) is 27.8 Å². The van der Waals surface area contributed by atoms with E-state index in [4.69, 9.17) is 10.5 Å². The predicted molar refractivity (Wildman–Crippen MR) is 76.5 cm³/mol. The zero-order valence-electron chi connectivity index (χ0n) is 10.1. The summed E-state index contributed by atoms with van der Waals surface area (Å²) < 4.78 is 6.02. The molecule has 1 rings (SSSR count). The van der Waals surface area contributed by atoms with E-state index in [0.29, 0.717) is 31.0 Å². The van der Waals surface area contributed by atoms with E-state index in [1.54, 1.807) is 24.3 Å². The van der Waals surface area contributed by atoms with Crippen molar-refractivity contribution in [3.8, 4) is 0 Å². The van der Waals surface area contributed by atoms with E-state index >= 15 is 0 Å². The summed E-state index contributed by atoms with van der Waals surface area (Å²) in [5.41, 5.74) is 6.73. The molecule has 0 unspecified atom stereocenters. The molecule has 0 aliphatic carbocycles. The van der Waals surface area contributed by atoms with Gasteiger partial charge in [-0.15, -0.1) is 6.58 Å². The molecule has 1 aromatic carbocycles. The highest BCUT2D eigenvalue weighted by molar-refractivity contribution is 9.10. The summed E-state index contributed by atoms with van der Waals surface area (Å²) in [5, 5.41) is 2.77. The van der Waals surface area contributed by atoms with Crippen molar-refractivity contribution < 1.29 is 9.53 Å². The third kappa shape index (κ3) is 4.89. The van der Waals surface area contributed by atoms with Crippen molar-refractivity contribution in [1.29, 1.82) is 0 Å². The summed E-state index contributed by atoms with van der Waals surface area (Å²) in [6, 6.07) is 5.13. The van der Waals surface area contributed by atoms with Gasteiger partial charge in [-0.25, -0.2) is 0 Å². The number of hydrogen-bond donors (Lipinski definition) is 2. The molecule has 0 saturated heterocycles. The number of ether oxygens (including phenoxy) is 1. The lowest BCUT2D eigenvalue weighted by molar-refractivity contribution is 0.0917. The fourth-order valence-corrected chi connectivity index (χ4v) is 1.74. The Morgan fingerprint density at radius 2 is 2.28 bits per heavy atom. The Labute approximate surface area is 115 Å². The molecule has 0 saturated carbocycles. The Morgan fingerprint density at radius 1 is 1.50 bits per heavy atom. The molecule has 0 aliphatic rings. The summed E-state index contributed by atoms with van der Waals surface area (Å²) in [6.45, 7) is 5.18. The molecule has 4 nitrogen and oxygen atoms in total. The first kappa shape index (κ1) is 14.7. The van der Waals surface area contributed by atoms with Crippen LogP contribution in [0.25, 0.3) is 0 Å². The maximum Gasteiger partial charge on any atom is 0.252 e. The number of carbonyl (C=O) groups is 1. The van der Waals surface area contributed by atoms with Crippen LogP contribution < -0.4 is 11.1 Å². The standard InChI is InChI=1S/C13H17BrN2O2/c1-2-3-7-18-8-6-16-13(17)11-9-10(15)4-5-12(11)14/h2,4-5,9H,1,3,6-8,15H2,(H,16,17). The molecule has 0 aromatic heterocycles. The molecule has 0 heterocycles. The van der Waals surface area contributed by atoms with Crippen LogP contribution in [-0.2, 0) is 4.74 Å². The third-order valence-electron chi connectivity index (χ3n) is 2.23. The van der Waals surface area contributed by atoms with Gasteiger partial charge in [0.2, 0.25) is 0 Å². The molecule has 0 aliphatic heterocycles. The van der Waals surface area contributed by atoms with Gasteiger partial charge in [-0.2, -0.15) is 0 Å². The Hall–Kier alpha value is -1.33. The molecule has 18 heavy (non-hydrogen) atoms. The second kappa shape index (κ2) is 7.89. The SMILES string of the molecule is C=CCCOCCNC(=O)c1cc(N)ccc1Br. The number of amides is 1. The summed E-state index contributed by atoms with van der Waals surface area (Å²) in [6.07, 6.45) is 2.61. The molecule has 98 valence electrons. The second-order valence-corrected chi connectivity index (χ2v) is 4.54. The van der Waals surface area contributed by atoms with Gasteiger partial charge in [-0.1, -0.05) is 6.08 Å². The Bertz CT molecular complexity index is 421. The fraction of sp³-hybridized carbons (Fsp3) is 0.308. The highest BCUT2D eigenvalue weighted by Gasteiger charge is 2.09. The van der Waals surface area contributed by atoms with Crippen molar-refractivity contribution in [2.45, 2.75) is 6.42 Å². The third-order valence-corrected chi connectivity index (χ3v) is 2.92. The lowest BCUT2D eigenvalue weighted by atomic mass is 10.2. The molecule has 0 bridgehead atoms. The number of nitrogens with one attached hydrogen (secondary N) is 1. The molecule has 5 heteroatoms. The number of hydrogen-bond acceptors (Lipinski definition) is 3. The minimum absolute atomic E-state index is 0.165. The quantitative estimate of drug-likeness (QED) is 0.461. The van der Waals surface area contributed by atoms with Crippen LogP contribution in [0.2, 0.25) is 0 Å². The van der Waals surface area contributed by atoms with Crippen LogP contribution >= 0.6 is 15.9 Å². The first-order valence-corrected chi connectivity index (χ1v) is 6.46. The molecule has 0 radical (unpaired) electrons. The normalized spacial score (nSPS) is 10.1. The largest absolute Gasteiger partial charge is 0.399 e. The lowest BCUT2D eigenvalue weighted by Crippen LogP contribution is -2.27. The van der Waals surface area contributed by atoms with Crippen molar-refractivity contribution in [1.82, 2.24) is 5.32 Å². The van der Waals surface area contributed by atoms with Crippen LogP contribution in [0.15, 0.2) is 35.3 Å². The van der Waals surface area contributed by atoms with Gasteiger partial charge in [-0.05, 0) is 40.5 Å². The minimum Gasteiger partial charge on any atom is -0.399 e. The number of halogens is 1. The van der Waals surface area contributed by atoms with Crippen LogP contribution in [0.1, 0.15) is 16.8 Å². The lowest BCUT2D eigenvalue weighted by Gasteiger charge is -2.08. The predicted octanol–water partition coefficient (Wildman–Crippen LogP) is 2.35. The second-order valence-electron chi connectivity index (χ2n) is 3.68. The van der Waals surface area contributed by atoms with Crippen LogP contribution in [0.3, 0.4) is 0 Å². The van der Waals surface area contributed by atoms with Crippen LogP contribution in [0.4, 0.5) is 5.69 Å². The van der Waals surface area contributed by atoms with Gasteiger partial charge in [0.25, 0.3) is 5.91 Å². The molecule has 0 atom stereocenters. The van der Waals surface area contributed by atoms with Crippen LogP contribution in [-0.4, -0.2) is 25.7 Å². The van der Waals surface area contributed by atoms with Crippen molar-refractivity contribution in [2.24, 2.45) is 0 Å². The van der Waals surface area contributed by atoms with Crippen LogP contribution in [0.5, 0.6) is 0 Å². The van der Waals surface area contributed by atoms with Crippen molar-refractivity contribution >= 4 is 27.5 Å². The van der Waals surface area contributed by atoms with Gasteiger partial charge in [-0.3, -0.25) is 4.79 Å². The molecule has 3 N–H and O–H groups in total. The monoisotopic (exact) mass is 312 g/mol. The van der Waals surface area contributed by atoms with Gasteiger partial charge < -0.3 is 15.8 Å². The number of carbonyl (C=O) groups excluding carboxylic acids is 1. The Balaban J connectivity index is 2.36.